The van der Waals surface area contributed by atoms with Gasteiger partial charge in [-0.2, -0.15) is 0 Å². The van der Waals surface area contributed by atoms with E-state index in [1.807, 2.05) is 0 Å². The standard InChI is InChI=1S/C13H28N2/c1-5-10-15(6-2)11-8-7-9-13(3,4)12(11)14/h11-12H,5-10,14H2,1-4H3. The topological polar surface area (TPSA) is 29.3 Å². The number of nitrogens with zero attached hydrogens (tertiary/aromatic N) is 1. The van der Waals surface area contributed by atoms with E-state index in [9.17, 15) is 0 Å². The molecule has 2 nitrogen and oxygen atoms in total. The van der Waals surface area contributed by atoms with E-state index < -0.39 is 0 Å². The molecule has 1 fully saturated rings. The molecule has 0 amide bonds. The first-order valence-electron chi connectivity index (χ1n) is 6.52. The second-order valence-corrected chi connectivity index (χ2v) is 5.60. The minimum Gasteiger partial charge on any atom is -0.326 e. The molecule has 1 aliphatic rings. The van der Waals surface area contributed by atoms with Gasteiger partial charge in [0.05, 0.1) is 0 Å². The minimum atomic E-state index is 0.323. The van der Waals surface area contributed by atoms with Crippen LogP contribution in [0.15, 0.2) is 0 Å². The highest BCUT2D eigenvalue weighted by molar-refractivity contribution is 4.95. The summed E-state index contributed by atoms with van der Waals surface area (Å²) in [6, 6.07) is 0.955. The van der Waals surface area contributed by atoms with Crippen molar-refractivity contribution in [2.45, 2.75) is 65.5 Å². The molecule has 0 spiro atoms. The summed E-state index contributed by atoms with van der Waals surface area (Å²) in [7, 11) is 0. The first kappa shape index (κ1) is 13.0. The summed E-state index contributed by atoms with van der Waals surface area (Å²) in [6.45, 7) is 11.5. The van der Waals surface area contributed by atoms with Crippen LogP contribution in [0.4, 0.5) is 0 Å². The first-order valence-corrected chi connectivity index (χ1v) is 6.52. The molecule has 1 aliphatic carbocycles. The quantitative estimate of drug-likeness (QED) is 0.776. The lowest BCUT2D eigenvalue weighted by molar-refractivity contribution is 0.0713. The Morgan fingerprint density at radius 1 is 1.33 bits per heavy atom. The van der Waals surface area contributed by atoms with Crippen molar-refractivity contribution in [3.05, 3.63) is 0 Å². The minimum absolute atomic E-state index is 0.323. The molecule has 0 aromatic carbocycles. The maximum atomic E-state index is 6.42. The SMILES string of the molecule is CCCN(CC)C1CCCC(C)(C)C1N. The summed E-state index contributed by atoms with van der Waals surface area (Å²) in [6.07, 6.45) is 5.15. The number of hydrogen-bond donors (Lipinski definition) is 1. The Morgan fingerprint density at radius 3 is 2.53 bits per heavy atom. The third kappa shape index (κ3) is 2.94. The van der Waals surface area contributed by atoms with Crippen molar-refractivity contribution in [1.29, 1.82) is 0 Å². The molecule has 1 saturated carbocycles. The van der Waals surface area contributed by atoms with Crippen LogP contribution in [0.5, 0.6) is 0 Å². The fourth-order valence-corrected chi connectivity index (χ4v) is 2.89. The molecule has 2 atom stereocenters. The van der Waals surface area contributed by atoms with Gasteiger partial charge >= 0.3 is 0 Å². The third-order valence-electron chi connectivity index (χ3n) is 4.02. The van der Waals surface area contributed by atoms with Gasteiger partial charge in [-0.15, -0.1) is 0 Å². The Labute approximate surface area is 95.2 Å². The van der Waals surface area contributed by atoms with E-state index in [0.29, 0.717) is 17.5 Å². The van der Waals surface area contributed by atoms with Crippen LogP contribution < -0.4 is 5.73 Å². The van der Waals surface area contributed by atoms with E-state index in [1.165, 1.54) is 32.2 Å². The summed E-state index contributed by atoms with van der Waals surface area (Å²) < 4.78 is 0. The zero-order chi connectivity index (χ0) is 11.5. The molecule has 0 aromatic heterocycles. The molecule has 0 bridgehead atoms. The molecular formula is C13H28N2. The molecule has 0 heterocycles. The fourth-order valence-electron chi connectivity index (χ4n) is 2.89. The van der Waals surface area contributed by atoms with Gasteiger partial charge in [0.15, 0.2) is 0 Å². The molecule has 2 unspecified atom stereocenters. The summed E-state index contributed by atoms with van der Waals surface area (Å²) in [5.41, 5.74) is 6.75. The van der Waals surface area contributed by atoms with Crippen LogP contribution in [0.3, 0.4) is 0 Å². The summed E-state index contributed by atoms with van der Waals surface area (Å²) in [5.74, 6) is 0. The van der Waals surface area contributed by atoms with E-state index in [-0.39, 0.29) is 0 Å². The smallest absolute Gasteiger partial charge is 0.0252 e. The zero-order valence-corrected chi connectivity index (χ0v) is 10.9. The largest absolute Gasteiger partial charge is 0.326 e. The Balaban J connectivity index is 2.66. The average molecular weight is 212 g/mol. The summed E-state index contributed by atoms with van der Waals surface area (Å²) in [5, 5.41) is 0. The molecule has 0 aromatic rings. The molecule has 2 heteroatoms. The van der Waals surface area contributed by atoms with Crippen LogP contribution in [0, 0.1) is 5.41 Å². The van der Waals surface area contributed by atoms with Gasteiger partial charge in [-0.3, -0.25) is 4.90 Å². The zero-order valence-electron chi connectivity index (χ0n) is 10.9. The van der Waals surface area contributed by atoms with Gasteiger partial charge in [0, 0.05) is 12.1 Å². The second-order valence-electron chi connectivity index (χ2n) is 5.60. The lowest BCUT2D eigenvalue weighted by Crippen LogP contribution is -2.56. The van der Waals surface area contributed by atoms with E-state index in [4.69, 9.17) is 5.73 Å². The predicted octanol–water partition coefficient (Wildman–Crippen LogP) is 2.62. The van der Waals surface area contributed by atoms with Crippen LogP contribution in [0.1, 0.15) is 53.4 Å². The highest BCUT2D eigenvalue weighted by Gasteiger charge is 2.38. The first-order chi connectivity index (χ1) is 7.03. The van der Waals surface area contributed by atoms with Gasteiger partial charge in [0.2, 0.25) is 0 Å². The van der Waals surface area contributed by atoms with Crippen molar-refractivity contribution < 1.29 is 0 Å². The number of hydrogen-bond acceptors (Lipinski definition) is 2. The number of nitrogens with two attached hydrogens (primary N) is 1. The Bertz CT molecular complexity index is 189. The molecule has 1 rings (SSSR count). The van der Waals surface area contributed by atoms with E-state index in [1.54, 1.807) is 0 Å². The Hall–Kier alpha value is -0.0800. The fraction of sp³-hybridized carbons (Fsp3) is 1.00. The van der Waals surface area contributed by atoms with Gasteiger partial charge in [-0.05, 0) is 37.8 Å². The lowest BCUT2D eigenvalue weighted by atomic mass is 9.71. The van der Waals surface area contributed by atoms with E-state index >= 15 is 0 Å². The van der Waals surface area contributed by atoms with E-state index in [2.05, 4.69) is 32.6 Å². The van der Waals surface area contributed by atoms with Crippen molar-refractivity contribution in [2.75, 3.05) is 13.1 Å². The average Bonchev–Trinajstić information content (AvgIpc) is 2.19. The van der Waals surface area contributed by atoms with Crippen LogP contribution in [-0.2, 0) is 0 Å². The van der Waals surface area contributed by atoms with Crippen LogP contribution in [0.25, 0.3) is 0 Å². The Kier molecular flexibility index (Phi) is 4.60. The lowest BCUT2D eigenvalue weighted by Gasteiger charge is -2.46. The van der Waals surface area contributed by atoms with Crippen molar-refractivity contribution in [1.82, 2.24) is 4.90 Å². The van der Waals surface area contributed by atoms with Crippen LogP contribution in [0.2, 0.25) is 0 Å². The summed E-state index contributed by atoms with van der Waals surface area (Å²) in [4.78, 5) is 2.57. The normalized spacial score (nSPS) is 30.8. The van der Waals surface area contributed by atoms with E-state index in [0.717, 1.165) is 6.54 Å². The van der Waals surface area contributed by atoms with Crippen LogP contribution in [-0.4, -0.2) is 30.1 Å². The highest BCUT2D eigenvalue weighted by atomic mass is 15.2. The number of likely N-dealkylation sites (N-methyl/N-ethyl adjacent to an activating group) is 1. The molecule has 0 aliphatic heterocycles. The maximum Gasteiger partial charge on any atom is 0.0252 e. The van der Waals surface area contributed by atoms with Gasteiger partial charge < -0.3 is 5.73 Å². The monoisotopic (exact) mass is 212 g/mol. The van der Waals surface area contributed by atoms with Crippen LogP contribution >= 0.6 is 0 Å². The molecule has 0 saturated heterocycles. The molecule has 15 heavy (non-hydrogen) atoms. The summed E-state index contributed by atoms with van der Waals surface area (Å²) >= 11 is 0. The maximum absolute atomic E-state index is 6.42. The van der Waals surface area contributed by atoms with Crippen molar-refractivity contribution in [2.24, 2.45) is 11.1 Å². The number of rotatable bonds is 4. The van der Waals surface area contributed by atoms with Crippen molar-refractivity contribution >= 4 is 0 Å². The molecule has 0 radical (unpaired) electrons. The molecule has 2 N–H and O–H groups in total. The van der Waals surface area contributed by atoms with Gasteiger partial charge in [0.25, 0.3) is 0 Å². The third-order valence-corrected chi connectivity index (χ3v) is 4.02. The highest BCUT2D eigenvalue weighted by Crippen LogP contribution is 2.36. The van der Waals surface area contributed by atoms with Gasteiger partial charge in [-0.25, -0.2) is 0 Å². The molecular weight excluding hydrogens is 184 g/mol. The molecule has 90 valence electrons. The van der Waals surface area contributed by atoms with Crippen molar-refractivity contribution in [3.63, 3.8) is 0 Å². The van der Waals surface area contributed by atoms with Gasteiger partial charge in [-0.1, -0.05) is 34.1 Å². The Morgan fingerprint density at radius 2 is 2.00 bits per heavy atom. The second kappa shape index (κ2) is 5.31. The predicted molar refractivity (Wildman–Crippen MR) is 66.9 cm³/mol. The van der Waals surface area contributed by atoms with Gasteiger partial charge in [0.1, 0.15) is 0 Å². The van der Waals surface area contributed by atoms with Crippen molar-refractivity contribution in [3.8, 4) is 0 Å².